The lowest BCUT2D eigenvalue weighted by molar-refractivity contribution is 0.0979. The minimum absolute atomic E-state index is 0.187. The minimum atomic E-state index is -4.23. The number of aryl methyl sites for hydroxylation is 3. The number of pyridine rings is 1. The van der Waals surface area contributed by atoms with E-state index in [0.29, 0.717) is 16.7 Å². The zero-order valence-corrected chi connectivity index (χ0v) is 16.0. The molecular formula is C17H18N4O5S. The smallest absolute Gasteiger partial charge is 0.315 e. The van der Waals surface area contributed by atoms with E-state index in [-0.39, 0.29) is 16.1 Å². The van der Waals surface area contributed by atoms with Gasteiger partial charge in [0, 0.05) is 26.8 Å². The van der Waals surface area contributed by atoms with Crippen molar-refractivity contribution in [1.29, 1.82) is 0 Å². The molecule has 0 aliphatic heterocycles. The van der Waals surface area contributed by atoms with Crippen LogP contribution in [-0.4, -0.2) is 28.0 Å². The van der Waals surface area contributed by atoms with Gasteiger partial charge in [-0.2, -0.15) is 0 Å². The van der Waals surface area contributed by atoms with E-state index in [2.05, 4.69) is 0 Å². The summed E-state index contributed by atoms with van der Waals surface area (Å²) in [7, 11) is 0.362. The van der Waals surface area contributed by atoms with Crippen molar-refractivity contribution in [2.45, 2.75) is 11.8 Å². The number of hydrogen-bond donors (Lipinski definition) is 1. The zero-order valence-electron chi connectivity index (χ0n) is 15.2. The van der Waals surface area contributed by atoms with Crippen LogP contribution in [0, 0.1) is 6.92 Å². The van der Waals surface area contributed by atoms with Gasteiger partial charge < -0.3 is 4.57 Å². The number of amides is 1. The van der Waals surface area contributed by atoms with Gasteiger partial charge in [-0.15, -0.1) is 0 Å². The molecule has 2 heterocycles. The average molecular weight is 390 g/mol. The Balaban J connectivity index is 2.03. The third-order valence-corrected chi connectivity index (χ3v) is 5.91. The molecule has 3 rings (SSSR count). The molecule has 0 radical (unpaired) electrons. The Morgan fingerprint density at radius 1 is 0.926 bits per heavy atom. The Kier molecular flexibility index (Phi) is 4.31. The number of fused-ring (bicyclic) bond motifs is 1. The predicted molar refractivity (Wildman–Crippen MR) is 99.2 cm³/mol. The number of carbonyl (C=O) groups excluding carboxylic acids is 1. The third kappa shape index (κ3) is 2.97. The third-order valence-electron chi connectivity index (χ3n) is 4.58. The molecule has 2 aromatic heterocycles. The first-order valence-electron chi connectivity index (χ1n) is 7.94. The van der Waals surface area contributed by atoms with E-state index in [9.17, 15) is 22.8 Å². The Labute approximate surface area is 154 Å². The van der Waals surface area contributed by atoms with Crippen LogP contribution in [0.3, 0.4) is 0 Å². The van der Waals surface area contributed by atoms with E-state index in [4.69, 9.17) is 0 Å². The van der Waals surface area contributed by atoms with Crippen molar-refractivity contribution >= 4 is 27.0 Å². The molecule has 0 aliphatic carbocycles. The number of sulfonamides is 1. The second-order valence-corrected chi connectivity index (χ2v) is 7.92. The number of carbonyl (C=O) groups is 1. The zero-order chi connectivity index (χ0) is 20.1. The van der Waals surface area contributed by atoms with E-state index in [1.54, 1.807) is 20.0 Å². The van der Waals surface area contributed by atoms with Crippen molar-refractivity contribution in [1.82, 2.24) is 18.4 Å². The number of rotatable bonds is 3. The number of benzene rings is 1. The lowest BCUT2D eigenvalue weighted by atomic mass is 10.2. The van der Waals surface area contributed by atoms with E-state index < -0.39 is 21.5 Å². The summed E-state index contributed by atoms with van der Waals surface area (Å²) >= 11 is 0. The standard InChI is InChI=1S/C17H18N4O5S/c1-10-5-7-12(16(23)19(10)2)15(22)18-27(25,26)11-6-8-13-14(9-11)21(4)17(24)20(13)3/h5-9H,1-4H3,(H,18,22). The van der Waals surface area contributed by atoms with Gasteiger partial charge >= 0.3 is 5.69 Å². The van der Waals surface area contributed by atoms with E-state index in [1.807, 2.05) is 4.72 Å². The Morgan fingerprint density at radius 2 is 1.56 bits per heavy atom. The number of nitrogens with one attached hydrogen (secondary N) is 1. The topological polar surface area (TPSA) is 112 Å². The molecule has 0 spiro atoms. The van der Waals surface area contributed by atoms with Crippen molar-refractivity contribution in [3.05, 3.63) is 62.4 Å². The first-order valence-corrected chi connectivity index (χ1v) is 9.42. The van der Waals surface area contributed by atoms with Crippen LogP contribution in [0.15, 0.2) is 44.8 Å². The number of aromatic nitrogens is 3. The molecule has 1 aromatic carbocycles. The van der Waals surface area contributed by atoms with E-state index >= 15 is 0 Å². The van der Waals surface area contributed by atoms with Crippen molar-refractivity contribution in [3.63, 3.8) is 0 Å². The first kappa shape index (κ1) is 18.6. The van der Waals surface area contributed by atoms with Crippen LogP contribution in [0.4, 0.5) is 0 Å². The summed E-state index contributed by atoms with van der Waals surface area (Å²) < 4.78 is 31.0. The van der Waals surface area contributed by atoms with Crippen LogP contribution >= 0.6 is 0 Å². The van der Waals surface area contributed by atoms with Gasteiger partial charge in [0.1, 0.15) is 5.56 Å². The lowest BCUT2D eigenvalue weighted by Crippen LogP contribution is -2.36. The second-order valence-electron chi connectivity index (χ2n) is 6.24. The molecule has 0 aliphatic rings. The van der Waals surface area contributed by atoms with Crippen LogP contribution in [0.1, 0.15) is 16.1 Å². The van der Waals surface area contributed by atoms with Crippen molar-refractivity contribution in [3.8, 4) is 0 Å². The van der Waals surface area contributed by atoms with Crippen LogP contribution in [0.5, 0.6) is 0 Å². The van der Waals surface area contributed by atoms with E-state index in [0.717, 1.165) is 0 Å². The summed E-state index contributed by atoms with van der Waals surface area (Å²) in [5.41, 5.74) is 0.425. The molecule has 9 nitrogen and oxygen atoms in total. The Bertz CT molecular complexity index is 1310. The van der Waals surface area contributed by atoms with Gasteiger partial charge in [-0.25, -0.2) is 17.9 Å². The molecule has 0 unspecified atom stereocenters. The minimum Gasteiger partial charge on any atom is -0.315 e. The summed E-state index contributed by atoms with van der Waals surface area (Å²) in [6, 6.07) is 6.92. The highest BCUT2D eigenvalue weighted by molar-refractivity contribution is 7.90. The van der Waals surface area contributed by atoms with Gasteiger partial charge in [-0.1, -0.05) is 0 Å². The van der Waals surface area contributed by atoms with Crippen LogP contribution < -0.4 is 16.0 Å². The summed E-state index contributed by atoms with van der Waals surface area (Å²) in [6.07, 6.45) is 0. The molecule has 1 N–H and O–H groups in total. The van der Waals surface area contributed by atoms with Crippen LogP contribution in [0.25, 0.3) is 11.0 Å². The number of hydrogen-bond acceptors (Lipinski definition) is 5. The molecule has 0 saturated carbocycles. The molecule has 0 fully saturated rings. The van der Waals surface area contributed by atoms with Gasteiger partial charge in [-0.3, -0.25) is 18.7 Å². The van der Waals surface area contributed by atoms with E-state index in [1.165, 1.54) is 52.1 Å². The molecule has 0 bridgehead atoms. The maximum atomic E-state index is 12.6. The monoisotopic (exact) mass is 390 g/mol. The highest BCUT2D eigenvalue weighted by atomic mass is 32.2. The molecular weight excluding hydrogens is 372 g/mol. The quantitative estimate of drug-likeness (QED) is 0.677. The fourth-order valence-corrected chi connectivity index (χ4v) is 3.78. The second kappa shape index (κ2) is 6.23. The SMILES string of the molecule is Cc1ccc(C(=O)NS(=O)(=O)c2ccc3c(c2)n(C)c(=O)n3C)c(=O)n1C. The van der Waals surface area contributed by atoms with Gasteiger partial charge in [0.2, 0.25) is 0 Å². The van der Waals surface area contributed by atoms with Gasteiger partial charge in [-0.05, 0) is 37.3 Å². The fourth-order valence-electron chi connectivity index (χ4n) is 2.79. The Morgan fingerprint density at radius 3 is 2.22 bits per heavy atom. The first-order chi connectivity index (χ1) is 12.5. The molecule has 142 valence electrons. The highest BCUT2D eigenvalue weighted by Gasteiger charge is 2.22. The van der Waals surface area contributed by atoms with Gasteiger partial charge in [0.15, 0.2) is 0 Å². The molecule has 0 atom stereocenters. The van der Waals surface area contributed by atoms with Crippen molar-refractivity contribution in [2.24, 2.45) is 21.1 Å². The summed E-state index contributed by atoms with van der Waals surface area (Å²) in [5.74, 6) is -1.02. The Hall–Kier alpha value is -3.14. The molecule has 0 saturated heterocycles. The van der Waals surface area contributed by atoms with Crippen LogP contribution in [-0.2, 0) is 31.2 Å². The van der Waals surface area contributed by atoms with Crippen molar-refractivity contribution < 1.29 is 13.2 Å². The van der Waals surface area contributed by atoms with Crippen molar-refractivity contribution in [2.75, 3.05) is 0 Å². The largest absolute Gasteiger partial charge is 0.328 e. The maximum absolute atomic E-state index is 12.6. The number of imidazole rings is 1. The predicted octanol–water partition coefficient (Wildman–Crippen LogP) is 0.00282. The summed E-state index contributed by atoms with van der Waals surface area (Å²) in [4.78, 5) is 36.3. The molecule has 3 aromatic rings. The van der Waals surface area contributed by atoms with Crippen LogP contribution in [0.2, 0.25) is 0 Å². The molecule has 27 heavy (non-hydrogen) atoms. The lowest BCUT2D eigenvalue weighted by Gasteiger charge is -2.09. The summed E-state index contributed by atoms with van der Waals surface area (Å²) in [5, 5.41) is 0. The maximum Gasteiger partial charge on any atom is 0.328 e. The fraction of sp³-hybridized carbons (Fsp3) is 0.235. The average Bonchev–Trinajstić information content (AvgIpc) is 2.83. The normalized spacial score (nSPS) is 11.7. The molecule has 10 heteroatoms. The van der Waals surface area contributed by atoms with Gasteiger partial charge in [0.25, 0.3) is 21.5 Å². The number of nitrogens with zero attached hydrogens (tertiary/aromatic N) is 3. The van der Waals surface area contributed by atoms with Gasteiger partial charge in [0.05, 0.1) is 15.9 Å². The molecule has 1 amide bonds. The summed E-state index contributed by atoms with van der Waals surface area (Å²) in [6.45, 7) is 1.69. The highest BCUT2D eigenvalue weighted by Crippen LogP contribution is 2.18.